The van der Waals surface area contributed by atoms with Crippen LogP contribution in [0.2, 0.25) is 0 Å². The summed E-state index contributed by atoms with van der Waals surface area (Å²) in [4.78, 5) is 0. The first-order chi connectivity index (χ1) is 10.5. The van der Waals surface area contributed by atoms with Crippen LogP contribution in [0.15, 0.2) is 24.3 Å². The smallest absolute Gasteiger partial charge is 0.00851 e. The van der Waals surface area contributed by atoms with E-state index in [2.05, 4.69) is 39.5 Å². The quantitative estimate of drug-likeness (QED) is 0.492. The molecule has 0 aliphatic heterocycles. The van der Waals surface area contributed by atoms with Crippen LogP contribution in [0.3, 0.4) is 0 Å². The fraction of sp³-hybridized carbons (Fsp3) is 0.818. The molecule has 0 amide bonds. The fourth-order valence-electron chi connectivity index (χ4n) is 7.17. The maximum absolute atomic E-state index is 4.15. The second-order valence-corrected chi connectivity index (χ2v) is 9.57. The van der Waals surface area contributed by atoms with Crippen LogP contribution in [-0.4, -0.2) is 0 Å². The van der Waals surface area contributed by atoms with Crippen molar-refractivity contribution in [2.24, 2.45) is 40.4 Å². The summed E-state index contributed by atoms with van der Waals surface area (Å²) in [7, 11) is 0. The second kappa shape index (κ2) is 4.99. The van der Waals surface area contributed by atoms with Crippen LogP contribution in [0.25, 0.3) is 0 Å². The Balaban J connectivity index is 1.69. The molecule has 0 aromatic heterocycles. The third-order valence-electron chi connectivity index (χ3n) is 8.64. The summed E-state index contributed by atoms with van der Waals surface area (Å²) >= 11 is 0. The molecule has 4 aliphatic rings. The molecule has 0 nitrogen and oxygen atoms in total. The van der Waals surface area contributed by atoms with Gasteiger partial charge in [-0.15, -0.1) is 6.58 Å². The van der Waals surface area contributed by atoms with Crippen LogP contribution in [0.4, 0.5) is 0 Å². The van der Waals surface area contributed by atoms with Gasteiger partial charge in [0.25, 0.3) is 0 Å². The summed E-state index contributed by atoms with van der Waals surface area (Å²) in [5.74, 6) is 4.53. The van der Waals surface area contributed by atoms with Gasteiger partial charge in [0.15, 0.2) is 0 Å². The van der Waals surface area contributed by atoms with E-state index in [1.807, 2.05) is 5.57 Å². The molecule has 4 aliphatic carbocycles. The van der Waals surface area contributed by atoms with Crippen molar-refractivity contribution in [2.45, 2.75) is 72.1 Å². The molecule has 122 valence electrons. The summed E-state index contributed by atoms with van der Waals surface area (Å²) < 4.78 is 0. The van der Waals surface area contributed by atoms with E-state index >= 15 is 0 Å². The molecular weight excluding hydrogens is 264 g/mol. The van der Waals surface area contributed by atoms with Crippen molar-refractivity contribution in [3.8, 4) is 0 Å². The molecule has 0 aromatic rings. The SMILES string of the molecule is C=CC1CC[C@H]2[C@@H]3CC[C@@H]4C[C@H](C)CC[C@]4(C)C3=CC[C@]12C. The van der Waals surface area contributed by atoms with Crippen LogP contribution >= 0.6 is 0 Å². The van der Waals surface area contributed by atoms with Crippen LogP contribution in [-0.2, 0) is 0 Å². The standard InChI is InChI=1S/C22H34/c1-5-16-7-9-19-18-8-6-17-14-15(2)10-12-22(17,4)20(18)11-13-21(16,19)3/h5,11,15-19H,1,6-10,12-14H2,2-4H3/t15-,16?,17-,18+,19+,21-,22+/m1/s1. The van der Waals surface area contributed by atoms with Crippen LogP contribution in [0.1, 0.15) is 72.1 Å². The maximum atomic E-state index is 4.15. The zero-order chi connectivity index (χ0) is 15.5. The van der Waals surface area contributed by atoms with E-state index in [4.69, 9.17) is 0 Å². The molecular formula is C22H34. The van der Waals surface area contributed by atoms with E-state index in [0.717, 1.165) is 29.6 Å². The highest BCUT2D eigenvalue weighted by Gasteiger charge is 2.56. The van der Waals surface area contributed by atoms with Gasteiger partial charge in [-0.05, 0) is 91.8 Å². The second-order valence-electron chi connectivity index (χ2n) is 9.57. The Morgan fingerprint density at radius 3 is 2.73 bits per heavy atom. The minimum atomic E-state index is 0.515. The van der Waals surface area contributed by atoms with Gasteiger partial charge in [0.1, 0.15) is 0 Å². The summed E-state index contributed by atoms with van der Waals surface area (Å²) in [6, 6.07) is 0. The zero-order valence-electron chi connectivity index (χ0n) is 14.9. The van der Waals surface area contributed by atoms with E-state index in [-0.39, 0.29) is 0 Å². The summed E-state index contributed by atoms with van der Waals surface area (Å²) in [5, 5.41) is 0. The Bertz CT molecular complexity index is 500. The summed E-state index contributed by atoms with van der Waals surface area (Å²) in [5.41, 5.74) is 2.97. The molecule has 0 N–H and O–H groups in total. The van der Waals surface area contributed by atoms with Crippen LogP contribution in [0.5, 0.6) is 0 Å². The summed E-state index contributed by atoms with van der Waals surface area (Å²) in [6.07, 6.45) is 16.5. The molecule has 0 saturated heterocycles. The Hall–Kier alpha value is -0.520. The van der Waals surface area contributed by atoms with Crippen molar-refractivity contribution in [1.82, 2.24) is 0 Å². The van der Waals surface area contributed by atoms with E-state index in [9.17, 15) is 0 Å². The van der Waals surface area contributed by atoms with Crippen molar-refractivity contribution in [1.29, 1.82) is 0 Å². The highest BCUT2D eigenvalue weighted by Crippen LogP contribution is 2.65. The van der Waals surface area contributed by atoms with Crippen molar-refractivity contribution >= 4 is 0 Å². The number of allylic oxidation sites excluding steroid dienone is 3. The third-order valence-corrected chi connectivity index (χ3v) is 8.64. The topological polar surface area (TPSA) is 0 Å². The number of rotatable bonds is 1. The van der Waals surface area contributed by atoms with Crippen LogP contribution in [0, 0.1) is 40.4 Å². The predicted octanol–water partition coefficient (Wildman–Crippen LogP) is 6.39. The van der Waals surface area contributed by atoms with Gasteiger partial charge in [0.05, 0.1) is 0 Å². The molecule has 22 heavy (non-hydrogen) atoms. The summed E-state index contributed by atoms with van der Waals surface area (Å²) in [6.45, 7) is 11.8. The van der Waals surface area contributed by atoms with Crippen molar-refractivity contribution < 1.29 is 0 Å². The first kappa shape index (κ1) is 15.0. The Morgan fingerprint density at radius 1 is 1.14 bits per heavy atom. The van der Waals surface area contributed by atoms with Gasteiger partial charge in [0, 0.05) is 0 Å². The first-order valence-electron chi connectivity index (χ1n) is 9.82. The van der Waals surface area contributed by atoms with E-state index < -0.39 is 0 Å². The lowest BCUT2D eigenvalue weighted by atomic mass is 9.48. The monoisotopic (exact) mass is 298 g/mol. The van der Waals surface area contributed by atoms with Gasteiger partial charge in [-0.1, -0.05) is 38.5 Å². The first-order valence-corrected chi connectivity index (χ1v) is 9.82. The predicted molar refractivity (Wildman–Crippen MR) is 94.6 cm³/mol. The third kappa shape index (κ3) is 1.88. The number of hydrogen-bond donors (Lipinski definition) is 0. The number of hydrogen-bond acceptors (Lipinski definition) is 0. The van der Waals surface area contributed by atoms with Gasteiger partial charge in [-0.3, -0.25) is 0 Å². The Labute approximate surface area is 137 Å². The van der Waals surface area contributed by atoms with E-state index in [1.165, 1.54) is 51.4 Å². The lowest BCUT2D eigenvalue weighted by Gasteiger charge is -2.57. The van der Waals surface area contributed by atoms with Crippen molar-refractivity contribution in [2.75, 3.05) is 0 Å². The molecule has 0 heterocycles. The van der Waals surface area contributed by atoms with Crippen LogP contribution < -0.4 is 0 Å². The Morgan fingerprint density at radius 2 is 1.95 bits per heavy atom. The molecule has 7 atom stereocenters. The molecule has 0 radical (unpaired) electrons. The molecule has 4 rings (SSSR count). The minimum Gasteiger partial charge on any atom is -0.103 e. The maximum Gasteiger partial charge on any atom is -0.00851 e. The lowest BCUT2D eigenvalue weighted by Crippen LogP contribution is -2.47. The van der Waals surface area contributed by atoms with E-state index in [1.54, 1.807) is 0 Å². The Kier molecular flexibility index (Phi) is 3.41. The highest BCUT2D eigenvalue weighted by atomic mass is 14.6. The molecule has 3 fully saturated rings. The highest BCUT2D eigenvalue weighted by molar-refractivity contribution is 5.29. The van der Waals surface area contributed by atoms with Gasteiger partial charge < -0.3 is 0 Å². The lowest BCUT2D eigenvalue weighted by molar-refractivity contribution is 0.0236. The average molecular weight is 299 g/mol. The van der Waals surface area contributed by atoms with Gasteiger partial charge in [-0.25, -0.2) is 0 Å². The molecule has 0 spiro atoms. The van der Waals surface area contributed by atoms with Gasteiger partial charge in [-0.2, -0.15) is 0 Å². The molecule has 0 heteroatoms. The van der Waals surface area contributed by atoms with Gasteiger partial charge >= 0.3 is 0 Å². The largest absolute Gasteiger partial charge is 0.103 e. The zero-order valence-corrected chi connectivity index (χ0v) is 14.9. The van der Waals surface area contributed by atoms with Crippen molar-refractivity contribution in [3.63, 3.8) is 0 Å². The normalized spacial score (nSPS) is 54.0. The van der Waals surface area contributed by atoms with E-state index in [0.29, 0.717) is 10.8 Å². The molecule has 1 unspecified atom stereocenters. The van der Waals surface area contributed by atoms with Crippen molar-refractivity contribution in [3.05, 3.63) is 24.3 Å². The molecule has 0 bridgehead atoms. The molecule has 3 saturated carbocycles. The fourth-order valence-corrected chi connectivity index (χ4v) is 7.17. The molecule has 0 aromatic carbocycles. The number of fused-ring (bicyclic) bond motifs is 5. The minimum absolute atomic E-state index is 0.515. The van der Waals surface area contributed by atoms with Gasteiger partial charge in [0.2, 0.25) is 0 Å². The average Bonchev–Trinajstić information content (AvgIpc) is 2.84.